The van der Waals surface area contributed by atoms with Gasteiger partial charge in [0.1, 0.15) is 11.9 Å². The van der Waals surface area contributed by atoms with E-state index in [1.54, 1.807) is 6.08 Å². The zero-order valence-corrected chi connectivity index (χ0v) is 13.0. The second-order valence-electron chi connectivity index (χ2n) is 5.90. The lowest BCUT2D eigenvalue weighted by Crippen LogP contribution is -2.23. The van der Waals surface area contributed by atoms with Crippen LogP contribution in [-0.4, -0.2) is 23.7 Å². The number of ether oxygens (including phenoxy) is 1. The molecule has 2 fully saturated rings. The lowest BCUT2D eigenvalue weighted by Gasteiger charge is -2.26. The van der Waals surface area contributed by atoms with Crippen molar-refractivity contribution in [3.05, 3.63) is 29.8 Å². The van der Waals surface area contributed by atoms with Crippen molar-refractivity contribution in [1.29, 1.82) is 0 Å². The largest absolute Gasteiger partial charge is 0.490 e. The Kier molecular flexibility index (Phi) is 4.67. The summed E-state index contributed by atoms with van der Waals surface area (Å²) in [5, 5.41) is 0. The molecule has 3 rings (SSSR count). The molecule has 0 unspecified atom stereocenters. The topological polar surface area (TPSA) is 38.7 Å². The van der Waals surface area contributed by atoms with Gasteiger partial charge in [0.25, 0.3) is 0 Å². The van der Waals surface area contributed by atoms with E-state index < -0.39 is 0 Å². The van der Waals surface area contributed by atoms with E-state index in [1.807, 2.05) is 23.9 Å². The fourth-order valence-corrected chi connectivity index (χ4v) is 4.42. The number of thioether (sulfide) groups is 1. The van der Waals surface area contributed by atoms with Gasteiger partial charge < -0.3 is 4.74 Å². The van der Waals surface area contributed by atoms with Crippen LogP contribution < -0.4 is 4.74 Å². The molecule has 1 saturated heterocycles. The third-order valence-corrected chi connectivity index (χ3v) is 5.58. The van der Waals surface area contributed by atoms with Crippen LogP contribution in [0.4, 0.5) is 0 Å². The van der Waals surface area contributed by atoms with Crippen molar-refractivity contribution in [3.63, 3.8) is 0 Å². The predicted octanol–water partition coefficient (Wildman–Crippen LogP) is 4.07. The highest BCUT2D eigenvalue weighted by molar-refractivity contribution is 7.99. The van der Waals surface area contributed by atoms with Gasteiger partial charge in [-0.15, -0.1) is 0 Å². The van der Waals surface area contributed by atoms with E-state index >= 15 is 0 Å². The highest BCUT2D eigenvalue weighted by atomic mass is 32.2. The standard InChI is InChI=1S/C17H21NO2S/c19-13-18-17(8-1-2-9-17)14-4-3-5-16(12-14)20-15-6-10-21-11-7-15/h3-5,12,15H,1-2,6-11H2. The molecule has 0 aromatic heterocycles. The SMILES string of the molecule is O=C=NC1(c2cccc(OC3CCSCC3)c2)CCCC1. The van der Waals surface area contributed by atoms with Gasteiger partial charge in [0.05, 0.1) is 5.54 Å². The van der Waals surface area contributed by atoms with Crippen molar-refractivity contribution >= 4 is 17.8 Å². The van der Waals surface area contributed by atoms with Gasteiger partial charge in [-0.25, -0.2) is 4.79 Å². The minimum atomic E-state index is -0.358. The quantitative estimate of drug-likeness (QED) is 0.622. The van der Waals surface area contributed by atoms with Gasteiger partial charge in [-0.05, 0) is 54.9 Å². The van der Waals surface area contributed by atoms with Gasteiger partial charge in [0.2, 0.25) is 6.08 Å². The van der Waals surface area contributed by atoms with Crippen molar-refractivity contribution in [2.24, 2.45) is 4.99 Å². The number of benzene rings is 1. The fourth-order valence-electron chi connectivity index (χ4n) is 3.36. The number of hydrogen-bond acceptors (Lipinski definition) is 4. The molecular formula is C17H21NO2S. The van der Waals surface area contributed by atoms with Crippen molar-refractivity contribution < 1.29 is 9.53 Å². The monoisotopic (exact) mass is 303 g/mol. The summed E-state index contributed by atoms with van der Waals surface area (Å²) in [4.78, 5) is 15.0. The second-order valence-corrected chi connectivity index (χ2v) is 7.12. The fraction of sp³-hybridized carbons (Fsp3) is 0.588. The van der Waals surface area contributed by atoms with Gasteiger partial charge in [-0.3, -0.25) is 0 Å². The Morgan fingerprint density at radius 1 is 1.24 bits per heavy atom. The number of nitrogens with zero attached hydrogens (tertiary/aromatic N) is 1. The number of aliphatic imine (C=N–C) groups is 1. The van der Waals surface area contributed by atoms with Crippen molar-refractivity contribution in [1.82, 2.24) is 0 Å². The average molecular weight is 303 g/mol. The molecule has 0 radical (unpaired) electrons. The molecule has 0 amide bonds. The zero-order chi connectivity index (χ0) is 14.5. The Morgan fingerprint density at radius 3 is 2.71 bits per heavy atom. The molecule has 1 saturated carbocycles. The maximum Gasteiger partial charge on any atom is 0.235 e. The predicted molar refractivity (Wildman–Crippen MR) is 85.7 cm³/mol. The normalized spacial score (nSPS) is 21.7. The van der Waals surface area contributed by atoms with E-state index in [9.17, 15) is 4.79 Å². The third-order valence-electron chi connectivity index (χ3n) is 4.53. The number of rotatable bonds is 4. The van der Waals surface area contributed by atoms with E-state index in [-0.39, 0.29) is 5.54 Å². The third kappa shape index (κ3) is 3.33. The highest BCUT2D eigenvalue weighted by Crippen LogP contribution is 2.43. The summed E-state index contributed by atoms with van der Waals surface area (Å²) in [6.45, 7) is 0. The lowest BCUT2D eigenvalue weighted by atomic mass is 9.89. The van der Waals surface area contributed by atoms with Crippen LogP contribution in [0.1, 0.15) is 44.1 Å². The molecule has 0 bridgehead atoms. The molecule has 0 N–H and O–H groups in total. The van der Waals surface area contributed by atoms with Crippen LogP contribution in [0.3, 0.4) is 0 Å². The zero-order valence-electron chi connectivity index (χ0n) is 12.2. The summed E-state index contributed by atoms with van der Waals surface area (Å²) in [7, 11) is 0. The molecule has 2 aliphatic rings. The Balaban J connectivity index is 1.80. The van der Waals surface area contributed by atoms with E-state index in [1.165, 1.54) is 11.5 Å². The maximum atomic E-state index is 10.8. The Bertz CT molecular complexity index is 527. The van der Waals surface area contributed by atoms with Gasteiger partial charge in [-0.1, -0.05) is 25.0 Å². The molecule has 1 aliphatic carbocycles. The van der Waals surface area contributed by atoms with E-state index in [2.05, 4.69) is 17.1 Å². The van der Waals surface area contributed by atoms with Gasteiger partial charge in [0, 0.05) is 0 Å². The van der Waals surface area contributed by atoms with Gasteiger partial charge >= 0.3 is 0 Å². The van der Waals surface area contributed by atoms with Crippen LogP contribution in [0.2, 0.25) is 0 Å². The summed E-state index contributed by atoms with van der Waals surface area (Å²) >= 11 is 2.00. The van der Waals surface area contributed by atoms with E-state index in [4.69, 9.17) is 4.74 Å². The van der Waals surface area contributed by atoms with E-state index in [0.717, 1.165) is 49.8 Å². The minimum absolute atomic E-state index is 0.329. The number of carbonyl (C=O) groups excluding carboxylic acids is 1. The van der Waals surface area contributed by atoms with Crippen LogP contribution in [0, 0.1) is 0 Å². The molecule has 21 heavy (non-hydrogen) atoms. The molecule has 0 spiro atoms. The van der Waals surface area contributed by atoms with Crippen molar-refractivity contribution in [2.45, 2.75) is 50.2 Å². The molecule has 4 heteroatoms. The van der Waals surface area contributed by atoms with Gasteiger partial charge in [0.15, 0.2) is 0 Å². The first-order valence-electron chi connectivity index (χ1n) is 7.76. The average Bonchev–Trinajstić information content (AvgIpc) is 2.99. The first kappa shape index (κ1) is 14.7. The molecular weight excluding hydrogens is 282 g/mol. The summed E-state index contributed by atoms with van der Waals surface area (Å²) < 4.78 is 6.13. The van der Waals surface area contributed by atoms with E-state index in [0.29, 0.717) is 6.10 Å². The number of hydrogen-bond donors (Lipinski definition) is 0. The van der Waals surface area contributed by atoms with Crippen LogP contribution in [0.15, 0.2) is 29.3 Å². The van der Waals surface area contributed by atoms with Crippen LogP contribution in [0.25, 0.3) is 0 Å². The van der Waals surface area contributed by atoms with Crippen LogP contribution in [0.5, 0.6) is 5.75 Å². The van der Waals surface area contributed by atoms with Crippen LogP contribution in [-0.2, 0) is 10.3 Å². The summed E-state index contributed by atoms with van der Waals surface area (Å²) in [6, 6.07) is 8.17. The smallest absolute Gasteiger partial charge is 0.235 e. The Labute approximate surface area is 130 Å². The molecule has 0 atom stereocenters. The molecule has 3 nitrogen and oxygen atoms in total. The number of isocyanates is 1. The molecule has 112 valence electrons. The van der Waals surface area contributed by atoms with Crippen molar-refractivity contribution in [2.75, 3.05) is 11.5 Å². The molecule has 1 heterocycles. The van der Waals surface area contributed by atoms with Crippen LogP contribution >= 0.6 is 11.8 Å². The summed E-state index contributed by atoms with van der Waals surface area (Å²) in [5.41, 5.74) is 0.745. The first-order chi connectivity index (χ1) is 10.3. The second kappa shape index (κ2) is 6.67. The summed E-state index contributed by atoms with van der Waals surface area (Å²) in [6.07, 6.45) is 8.46. The van der Waals surface area contributed by atoms with Gasteiger partial charge in [-0.2, -0.15) is 16.8 Å². The first-order valence-corrected chi connectivity index (χ1v) is 8.92. The molecule has 1 aromatic rings. The molecule has 1 aromatic carbocycles. The minimum Gasteiger partial charge on any atom is -0.490 e. The lowest BCUT2D eigenvalue weighted by molar-refractivity contribution is 0.192. The Morgan fingerprint density at radius 2 is 2.00 bits per heavy atom. The Hall–Kier alpha value is -1.25. The highest BCUT2D eigenvalue weighted by Gasteiger charge is 2.35. The summed E-state index contributed by atoms with van der Waals surface area (Å²) in [5.74, 6) is 3.28. The maximum absolute atomic E-state index is 10.8. The van der Waals surface area contributed by atoms with Crippen molar-refractivity contribution in [3.8, 4) is 5.75 Å². The molecule has 1 aliphatic heterocycles.